The van der Waals surface area contributed by atoms with Gasteiger partial charge in [0.05, 0.1) is 77.2 Å². The van der Waals surface area contributed by atoms with E-state index in [1.54, 1.807) is 18.4 Å². The van der Waals surface area contributed by atoms with Gasteiger partial charge in [-0.3, -0.25) is 101 Å². The SMILES string of the molecule is CC[C@H]1O[C@@H](n2cnc3c(N)ncnc32)C[C@H]1OP(=O)(S)OC[C@H]1O[C@@H](n2cnc3c(N)ncnc32)C[C@H]1OP(=O)(S)OC[C@H]1O[C@@H](n2cnc3c(N)ncnc32)C[C@H]1OP(=O)(S)OC[C@H]1O[C@@H](n2cc(C)c(N)nc2=O)C[C@H]1OP(=O)(S)OC[C@H]1O[C@@H](n2cc(C)c(=O)[nH]c2=O)C[C@H]1OP(=O)(S)OC[C@H]1O[C@@H](n2cc(C)c(N)nc2=O)C[C@H]1OP(=O)(S)OC[C@H]1O[C@@H](n2cnc3c(N)ncnc32)C[C@H]1OP(=O)(S)OC. The number of nitrogens with two attached hydrogens (primary N) is 6. The van der Waals surface area contributed by atoms with Crippen molar-refractivity contribution in [3.63, 3.8) is 0 Å². The highest BCUT2D eigenvalue weighted by atomic mass is 32.7. The molecule has 792 valence electrons. The molecule has 0 spiro atoms. The van der Waals surface area contributed by atoms with Gasteiger partial charge < -0.3 is 72.1 Å². The van der Waals surface area contributed by atoms with Gasteiger partial charge in [0.2, 0.25) is 0 Å². The van der Waals surface area contributed by atoms with Crippen LogP contribution >= 0.6 is 133 Å². The van der Waals surface area contributed by atoms with Gasteiger partial charge in [0.1, 0.15) is 176 Å². The van der Waals surface area contributed by atoms with Crippen molar-refractivity contribution >= 4 is 213 Å². The number of rotatable bonds is 41. The monoisotopic (exact) mass is 2300 g/mol. The van der Waals surface area contributed by atoms with E-state index in [9.17, 15) is 42.0 Å². The molecule has 7 aliphatic heterocycles. The number of fused-ring (bicyclic) bond motifs is 4. The highest BCUT2D eigenvalue weighted by Crippen LogP contribution is 2.65. The molecule has 18 heterocycles. The Hall–Kier alpha value is -7.34. The van der Waals surface area contributed by atoms with Crippen LogP contribution in [0, 0.1) is 20.8 Å². The van der Waals surface area contributed by atoms with Crippen LogP contribution < -0.4 is 57.0 Å². The van der Waals surface area contributed by atoms with Gasteiger partial charge in [-0.1, -0.05) is 92.7 Å². The van der Waals surface area contributed by atoms with Crippen molar-refractivity contribution in [3.05, 3.63) is 128 Å². The lowest BCUT2D eigenvalue weighted by Gasteiger charge is -2.27. The summed E-state index contributed by atoms with van der Waals surface area (Å²) >= 11 is 30.3. The van der Waals surface area contributed by atoms with Crippen molar-refractivity contribution in [2.45, 2.75) is 208 Å². The Morgan fingerprint density at radius 1 is 0.322 bits per heavy atom. The fourth-order valence-corrected chi connectivity index (χ4v) is 27.4. The number of thiol groups is 7. The van der Waals surface area contributed by atoms with Gasteiger partial charge in [-0.15, -0.1) is 0 Å². The lowest BCUT2D eigenvalue weighted by Crippen LogP contribution is -2.33. The molecule has 11 aromatic heterocycles. The molecule has 18 rings (SSSR count). The van der Waals surface area contributed by atoms with Gasteiger partial charge in [0, 0.05) is 87.3 Å². The Morgan fingerprint density at radius 3 is 0.801 bits per heavy atom. The molecule has 146 heavy (non-hydrogen) atoms. The van der Waals surface area contributed by atoms with Crippen LogP contribution in [0.3, 0.4) is 0 Å². The largest absolute Gasteiger partial charge is 0.386 e. The number of nitrogen functional groups attached to an aromatic ring is 6. The standard InChI is InChI=1S/C72H95N28O32P7S7/c1-6-34-35(7-51(119-34)97-27-87-55-61(75)79-23-83-65(55)97)127-134(106,141)113-21-46-40(12-53(124-46)99-29-89-57-63(77)81-25-85-67(57)99)132-139(111,146)118-22-47-41(13-54(125-47)100-30-90-58-64(78)82-26-86-68(58)100)131-138(110,145)117-19-44-38(9-49(121-44)95-15-32(3)60(74)92-71(95)103)129-136(108,143)116-20-45-39(10-50(122-45)96-16-33(4)69(101)93-72(96)104)130-137(109,144)115-18-43-37(8-48(120-43)94-14-31(2)59(73)91-70(94)102)128-135(107,142)114-17-42-36(126-133(105,140)112-5)11-52(123-42)98-28-88-56-62(76)80-24-84-66(56)98/h14-16,23-30,34-54H,6-13,17-22H2,1-5H3,(H,105,140)(H,106,141)(H,107,142)(H,108,143)(H,109,144)(H,110,145)(H,111,146)(H2,73,91,102)(H2,74,92,103)(H2,75,79,83)(H2,76,80,84)(H2,77,81,85)(H2,78,82,86)(H,93,101,104)/t34-,35-,36-,37-,38-,39-,40-,41-,42-,43-,44-,45-,46-,47-,48-,49-,50-,51-,52-,53-,54-,133?,134?,135?,136?,137?,138?,139?/m1/s1. The number of imidazole rings is 4. The second-order valence-electron chi connectivity index (χ2n) is 34.0. The van der Waals surface area contributed by atoms with Crippen LogP contribution in [0.1, 0.15) is 119 Å². The minimum absolute atomic E-state index is 0.00238. The number of nitrogens with one attached hydrogen (secondary N) is 1. The zero-order valence-corrected chi connectivity index (χ0v) is 89.1. The maximum atomic E-state index is 15.1. The van der Waals surface area contributed by atoms with Crippen LogP contribution in [0.25, 0.3) is 44.7 Å². The fourth-order valence-electron chi connectivity index (χ4n) is 17.3. The number of H-pyrrole nitrogens is 1. The van der Waals surface area contributed by atoms with E-state index >= 15 is 9.13 Å². The zero-order valence-electron chi connectivity index (χ0n) is 76.6. The van der Waals surface area contributed by atoms with E-state index in [1.165, 1.54) is 89.8 Å². The van der Waals surface area contributed by atoms with Gasteiger partial charge in [-0.25, -0.2) is 106 Å². The van der Waals surface area contributed by atoms with E-state index in [1.807, 2.05) is 6.92 Å². The van der Waals surface area contributed by atoms with Gasteiger partial charge in [-0.2, -0.15) is 9.97 Å². The maximum absolute atomic E-state index is 15.1. The van der Waals surface area contributed by atoms with Crippen molar-refractivity contribution in [1.82, 2.24) is 107 Å². The van der Waals surface area contributed by atoms with Crippen LogP contribution in [-0.4, -0.2) is 239 Å². The number of nitrogens with zero attached hydrogens (tertiary/aromatic N) is 21. The molecule has 60 nitrogen and oxygen atoms in total. The first-order valence-electron chi connectivity index (χ1n) is 44.0. The molecule has 0 amide bonds. The topological polar surface area (TPSA) is 768 Å². The minimum Gasteiger partial charge on any atom is -0.383 e. The molecule has 0 saturated carbocycles. The first-order chi connectivity index (χ1) is 69.1. The summed E-state index contributed by atoms with van der Waals surface area (Å²) in [4.78, 5) is 114. The van der Waals surface area contributed by atoms with Gasteiger partial charge in [-0.05, 0) is 27.2 Å². The van der Waals surface area contributed by atoms with Crippen LogP contribution in [0.5, 0.6) is 0 Å². The van der Waals surface area contributed by atoms with Crippen LogP contribution in [-0.2, 0) is 128 Å². The third kappa shape index (κ3) is 24.5. The maximum Gasteiger partial charge on any atom is 0.386 e. The predicted molar refractivity (Wildman–Crippen MR) is 533 cm³/mol. The number of aromatic nitrogens is 22. The Bertz CT molecular complexity index is 7400. The van der Waals surface area contributed by atoms with Crippen molar-refractivity contribution in [2.75, 3.05) is 81.2 Å². The molecule has 28 atom stereocenters. The number of hydrogen-bond acceptors (Lipinski definition) is 52. The molecule has 74 heteroatoms. The Morgan fingerprint density at radius 2 is 0.548 bits per heavy atom. The Kier molecular flexibility index (Phi) is 32.4. The van der Waals surface area contributed by atoms with Crippen LogP contribution in [0.15, 0.2) is 88.4 Å². The second kappa shape index (κ2) is 43.7. The van der Waals surface area contributed by atoms with E-state index in [2.05, 4.69) is 161 Å². The third-order valence-electron chi connectivity index (χ3n) is 24.4. The molecule has 0 bridgehead atoms. The summed E-state index contributed by atoms with van der Waals surface area (Å²) in [5, 5.41) is 0. The summed E-state index contributed by atoms with van der Waals surface area (Å²) in [5.41, 5.74) is 35.7. The average Bonchev–Trinajstić information content (AvgIpc) is 1.73. The minimum atomic E-state index is -4.91. The first-order valence-corrected chi connectivity index (χ1v) is 62.8. The molecule has 7 aliphatic rings. The zero-order chi connectivity index (χ0) is 104. The van der Waals surface area contributed by atoms with E-state index in [-0.39, 0.29) is 106 Å². The number of hydrogen-bond donors (Lipinski definition) is 14. The molecule has 0 aromatic carbocycles. The molecule has 0 radical (unpaired) electrons. The smallest absolute Gasteiger partial charge is 0.383 e. The average molecular weight is 2310 g/mol. The highest BCUT2D eigenvalue weighted by molar-refractivity contribution is 8.46. The summed E-state index contributed by atoms with van der Waals surface area (Å²) in [6.45, 7) is -30.6. The van der Waals surface area contributed by atoms with E-state index < -0.39 is 252 Å². The predicted octanol–water partition coefficient (Wildman–Crippen LogP) is 7.96. The van der Waals surface area contributed by atoms with Crippen LogP contribution in [0.2, 0.25) is 0 Å². The number of aromatic amines is 1. The number of aryl methyl sites for hydroxylation is 3. The lowest BCUT2D eigenvalue weighted by molar-refractivity contribution is -0.0537. The lowest BCUT2D eigenvalue weighted by atomic mass is 10.1. The van der Waals surface area contributed by atoms with Crippen molar-refractivity contribution in [2.24, 2.45) is 0 Å². The van der Waals surface area contributed by atoms with E-state index in [4.69, 9.17) is 131 Å². The molecular weight excluding hydrogens is 2210 g/mol. The quantitative estimate of drug-likeness (QED) is 0.0128. The van der Waals surface area contributed by atoms with Crippen molar-refractivity contribution in [3.8, 4) is 0 Å². The van der Waals surface area contributed by atoms with Gasteiger partial charge >= 0.3 is 64.7 Å². The molecular formula is C72H95N28O32P7S7. The summed E-state index contributed by atoms with van der Waals surface area (Å²) in [7, 11) is 1.10. The van der Waals surface area contributed by atoms with E-state index in [0.29, 0.717) is 28.7 Å². The number of ether oxygens (including phenoxy) is 7. The van der Waals surface area contributed by atoms with Crippen molar-refractivity contribution in [1.29, 1.82) is 0 Å². The first kappa shape index (κ1) is 108. The molecule has 7 unspecified atom stereocenters. The normalized spacial score (nSPS) is 29.5. The third-order valence-corrected chi connectivity index (χ3v) is 36.0. The Balaban J connectivity index is 0.555. The van der Waals surface area contributed by atoms with Crippen LogP contribution in [0.4, 0.5) is 34.9 Å². The molecule has 7 saturated heterocycles. The summed E-state index contributed by atoms with van der Waals surface area (Å²) in [5.74, 6) is 0.0163. The molecule has 13 N–H and O–H groups in total. The summed E-state index contributed by atoms with van der Waals surface area (Å²) in [6, 6.07) is 0. The van der Waals surface area contributed by atoms with Gasteiger partial charge in [0.25, 0.3) is 5.56 Å². The molecule has 11 aromatic rings. The van der Waals surface area contributed by atoms with Crippen molar-refractivity contribution < 1.29 is 128 Å². The molecule has 7 fully saturated rings. The Labute approximate surface area is 859 Å². The van der Waals surface area contributed by atoms with E-state index in [0.717, 1.165) is 20.8 Å². The highest BCUT2D eigenvalue weighted by Gasteiger charge is 2.53. The summed E-state index contributed by atoms with van der Waals surface area (Å²) in [6.07, 6.45) is -13.1. The second-order valence-corrected chi connectivity index (χ2v) is 54.3. The fraction of sp³-hybridized carbons (Fsp3) is 0.556. The number of anilines is 6. The van der Waals surface area contributed by atoms with Gasteiger partial charge in [0.15, 0.2) is 45.9 Å². The summed E-state index contributed by atoms with van der Waals surface area (Å²) < 4.78 is 240. The molecule has 0 aliphatic carbocycles.